The van der Waals surface area contributed by atoms with Crippen molar-refractivity contribution in [1.29, 1.82) is 0 Å². The summed E-state index contributed by atoms with van der Waals surface area (Å²) >= 11 is 0. The molecule has 0 amide bonds. The van der Waals surface area contributed by atoms with Crippen molar-refractivity contribution < 1.29 is 9.90 Å². The summed E-state index contributed by atoms with van der Waals surface area (Å²) < 4.78 is 0. The fourth-order valence-electron chi connectivity index (χ4n) is 0.955. The van der Waals surface area contributed by atoms with Crippen LogP contribution in [-0.2, 0) is 11.2 Å². The molecule has 0 bridgehead atoms. The van der Waals surface area contributed by atoms with Crippen molar-refractivity contribution in [2.24, 2.45) is 5.73 Å². The summed E-state index contributed by atoms with van der Waals surface area (Å²) in [5.74, 6) is -0.959. The van der Waals surface area contributed by atoms with Crippen LogP contribution in [0.3, 0.4) is 0 Å². The predicted octanol–water partition coefficient (Wildman–Crippen LogP) is 0.260. The first-order valence-corrected chi connectivity index (χ1v) is 3.72. The third kappa shape index (κ3) is 4.43. The Morgan fingerprint density at radius 2 is 1.92 bits per heavy atom. The van der Waals surface area contributed by atoms with Gasteiger partial charge in [-0.05, 0) is 12.0 Å². The molecule has 1 aromatic carbocycles. The molecule has 0 saturated heterocycles. The molecule has 0 unspecified atom stereocenters. The molecule has 0 saturated carbocycles. The Morgan fingerprint density at radius 3 is 2.38 bits per heavy atom. The van der Waals surface area contributed by atoms with E-state index in [4.69, 9.17) is 10.8 Å². The Morgan fingerprint density at radius 1 is 1.38 bits per heavy atom. The first-order valence-electron chi connectivity index (χ1n) is 3.72. The summed E-state index contributed by atoms with van der Waals surface area (Å²) in [6, 6.07) is 8.54. The number of rotatable bonds is 3. The van der Waals surface area contributed by atoms with Gasteiger partial charge in [0.1, 0.15) is 6.04 Å². The van der Waals surface area contributed by atoms with Crippen LogP contribution in [0.15, 0.2) is 30.3 Å². The normalized spacial score (nSPS) is 11.5. The molecule has 3 nitrogen and oxygen atoms in total. The number of carboxylic acid groups (broad SMARTS) is 1. The van der Waals surface area contributed by atoms with Gasteiger partial charge in [-0.15, -0.1) is 0 Å². The van der Waals surface area contributed by atoms with E-state index in [1.807, 2.05) is 30.3 Å². The van der Waals surface area contributed by atoms with E-state index < -0.39 is 12.0 Å². The number of nitrogens with two attached hydrogens (primary N) is 1. The Labute approximate surface area is 99.2 Å². The summed E-state index contributed by atoms with van der Waals surface area (Å²) in [5, 5.41) is 8.52. The zero-order valence-electron chi connectivity index (χ0n) is 7.60. The number of carbonyl (C=O) groups is 1. The third-order valence-corrected chi connectivity index (χ3v) is 1.62. The average Bonchev–Trinajstić information content (AvgIpc) is 2.06. The maximum Gasteiger partial charge on any atom is 0.320 e. The number of benzene rings is 1. The minimum absolute atomic E-state index is 0. The van der Waals surface area contributed by atoms with Gasteiger partial charge in [-0.3, -0.25) is 4.79 Å². The molecular formula is C9H11NNaO2. The van der Waals surface area contributed by atoms with Crippen LogP contribution in [0.1, 0.15) is 5.56 Å². The first-order chi connectivity index (χ1) is 5.70. The van der Waals surface area contributed by atoms with Crippen molar-refractivity contribution in [2.75, 3.05) is 0 Å². The Bertz CT molecular complexity index is 264. The van der Waals surface area contributed by atoms with Crippen LogP contribution in [0.5, 0.6) is 0 Å². The zero-order chi connectivity index (χ0) is 8.97. The monoisotopic (exact) mass is 188 g/mol. The maximum absolute atomic E-state index is 10.4. The molecular weight excluding hydrogens is 177 g/mol. The van der Waals surface area contributed by atoms with Crippen molar-refractivity contribution in [2.45, 2.75) is 12.5 Å². The van der Waals surface area contributed by atoms with Gasteiger partial charge >= 0.3 is 5.97 Å². The molecule has 0 heterocycles. The van der Waals surface area contributed by atoms with Crippen molar-refractivity contribution in [1.82, 2.24) is 0 Å². The quantitative estimate of drug-likeness (QED) is 0.669. The summed E-state index contributed by atoms with van der Waals surface area (Å²) in [6.07, 6.45) is 0.385. The number of hydrogen-bond acceptors (Lipinski definition) is 2. The van der Waals surface area contributed by atoms with Crippen LogP contribution in [0.25, 0.3) is 0 Å². The van der Waals surface area contributed by atoms with Gasteiger partial charge in [-0.25, -0.2) is 0 Å². The van der Waals surface area contributed by atoms with Crippen molar-refractivity contribution in [3.05, 3.63) is 35.9 Å². The number of carboxylic acids is 1. The largest absolute Gasteiger partial charge is 0.480 e. The third-order valence-electron chi connectivity index (χ3n) is 1.62. The molecule has 3 N–H and O–H groups in total. The molecule has 1 aromatic rings. The van der Waals surface area contributed by atoms with Crippen molar-refractivity contribution >= 4 is 35.5 Å². The average molecular weight is 188 g/mol. The maximum atomic E-state index is 10.4. The van der Waals surface area contributed by atoms with E-state index in [-0.39, 0.29) is 29.6 Å². The fraction of sp³-hybridized carbons (Fsp3) is 0.222. The summed E-state index contributed by atoms with van der Waals surface area (Å²) in [5.41, 5.74) is 6.30. The summed E-state index contributed by atoms with van der Waals surface area (Å²) in [6.45, 7) is 0. The van der Waals surface area contributed by atoms with E-state index in [0.29, 0.717) is 6.42 Å². The molecule has 0 aliphatic rings. The number of aliphatic carboxylic acids is 1. The van der Waals surface area contributed by atoms with E-state index in [9.17, 15) is 4.79 Å². The second-order valence-corrected chi connectivity index (χ2v) is 2.63. The number of hydrogen-bond donors (Lipinski definition) is 2. The van der Waals surface area contributed by atoms with Gasteiger partial charge < -0.3 is 10.8 Å². The molecule has 1 radical (unpaired) electrons. The molecule has 1 rings (SSSR count). The van der Waals surface area contributed by atoms with E-state index >= 15 is 0 Å². The fourth-order valence-corrected chi connectivity index (χ4v) is 0.955. The molecule has 0 aromatic heterocycles. The Hall–Kier alpha value is -0.350. The summed E-state index contributed by atoms with van der Waals surface area (Å²) in [7, 11) is 0. The van der Waals surface area contributed by atoms with Crippen molar-refractivity contribution in [3.8, 4) is 0 Å². The van der Waals surface area contributed by atoms with E-state index in [2.05, 4.69) is 0 Å². The second kappa shape index (κ2) is 6.16. The minimum atomic E-state index is -0.959. The molecule has 0 fully saturated rings. The first kappa shape index (κ1) is 12.7. The van der Waals surface area contributed by atoms with Gasteiger partial charge in [0, 0.05) is 29.6 Å². The van der Waals surface area contributed by atoms with E-state index in [0.717, 1.165) is 5.56 Å². The van der Waals surface area contributed by atoms with Gasteiger partial charge in [0.25, 0.3) is 0 Å². The predicted molar refractivity (Wildman–Crippen MR) is 51.5 cm³/mol. The van der Waals surface area contributed by atoms with E-state index in [1.165, 1.54) is 0 Å². The second-order valence-electron chi connectivity index (χ2n) is 2.63. The minimum Gasteiger partial charge on any atom is -0.480 e. The van der Waals surface area contributed by atoms with Crippen LogP contribution >= 0.6 is 0 Å². The van der Waals surface area contributed by atoms with Crippen LogP contribution in [0, 0.1) is 0 Å². The van der Waals surface area contributed by atoms with Gasteiger partial charge in [-0.2, -0.15) is 0 Å². The molecule has 0 aliphatic carbocycles. The smallest absolute Gasteiger partial charge is 0.320 e. The van der Waals surface area contributed by atoms with Gasteiger partial charge in [-0.1, -0.05) is 30.3 Å². The molecule has 0 spiro atoms. The van der Waals surface area contributed by atoms with E-state index in [1.54, 1.807) is 0 Å². The molecule has 13 heavy (non-hydrogen) atoms. The standard InChI is InChI=1S/C9H11NO2.Na/c10-8(9(11)12)6-7-4-2-1-3-5-7;/h1-5,8H,6,10H2,(H,11,12);/t8-;/m0./s1. The molecule has 4 heteroatoms. The Balaban J connectivity index is 0.00000144. The van der Waals surface area contributed by atoms with Gasteiger partial charge in [0.05, 0.1) is 0 Å². The molecule has 1 atom stereocenters. The topological polar surface area (TPSA) is 63.3 Å². The molecule has 65 valence electrons. The van der Waals surface area contributed by atoms with Crippen LogP contribution in [-0.4, -0.2) is 46.7 Å². The van der Waals surface area contributed by atoms with Gasteiger partial charge in [0.15, 0.2) is 0 Å². The zero-order valence-corrected chi connectivity index (χ0v) is 9.60. The van der Waals surface area contributed by atoms with Crippen LogP contribution in [0.2, 0.25) is 0 Å². The van der Waals surface area contributed by atoms with Crippen LogP contribution < -0.4 is 5.73 Å². The SMILES string of the molecule is N[C@@H](Cc1ccccc1)C(=O)O.[Na]. The summed E-state index contributed by atoms with van der Waals surface area (Å²) in [4.78, 5) is 10.4. The Kier molecular flexibility index (Phi) is 5.99. The van der Waals surface area contributed by atoms with Crippen LogP contribution in [0.4, 0.5) is 0 Å². The molecule has 0 aliphatic heterocycles. The van der Waals surface area contributed by atoms with Gasteiger partial charge in [0.2, 0.25) is 0 Å². The van der Waals surface area contributed by atoms with Crippen molar-refractivity contribution in [3.63, 3.8) is 0 Å².